The number of aromatic nitrogens is 2. The van der Waals surface area contributed by atoms with E-state index in [1.165, 1.54) is 11.1 Å². The molecule has 1 heterocycles. The Hall–Kier alpha value is -1.55. The molecular weight excluding hydrogens is 232 g/mol. The normalized spacial score (nSPS) is 10.8. The molecule has 0 aliphatic carbocycles. The van der Waals surface area contributed by atoms with Crippen LogP contribution in [0.3, 0.4) is 0 Å². The molecule has 1 N–H and O–H groups in total. The molecular formula is C13H14N2OS. The van der Waals surface area contributed by atoms with Crippen molar-refractivity contribution in [2.75, 3.05) is 0 Å². The summed E-state index contributed by atoms with van der Waals surface area (Å²) in [5.74, 6) is 0. The van der Waals surface area contributed by atoms with Gasteiger partial charge in [-0.3, -0.25) is 0 Å². The summed E-state index contributed by atoms with van der Waals surface area (Å²) in [5.41, 5.74) is 1.48. The van der Waals surface area contributed by atoms with Gasteiger partial charge in [-0.1, -0.05) is 26.0 Å². The van der Waals surface area contributed by atoms with E-state index in [1.54, 1.807) is 6.07 Å². The van der Waals surface area contributed by atoms with Crippen molar-refractivity contribution in [3.63, 3.8) is 0 Å². The second kappa shape index (κ2) is 5.19. The Morgan fingerprint density at radius 2 is 1.88 bits per heavy atom. The molecule has 0 amide bonds. The highest BCUT2D eigenvalue weighted by atomic mass is 32.2. The minimum atomic E-state index is -0.317. The third kappa shape index (κ3) is 3.20. The molecule has 0 saturated carbocycles. The number of aromatic amines is 1. The van der Waals surface area contributed by atoms with E-state index in [4.69, 9.17) is 0 Å². The van der Waals surface area contributed by atoms with Crippen LogP contribution < -0.4 is 5.69 Å². The van der Waals surface area contributed by atoms with Gasteiger partial charge in [-0.15, -0.1) is 11.8 Å². The van der Waals surface area contributed by atoms with E-state index >= 15 is 0 Å². The van der Waals surface area contributed by atoms with Gasteiger partial charge in [-0.25, -0.2) is 9.78 Å². The third-order valence-corrected chi connectivity index (χ3v) is 3.23. The lowest BCUT2D eigenvalue weighted by Crippen LogP contribution is -2.09. The van der Waals surface area contributed by atoms with Crippen LogP contribution in [0, 0.1) is 0 Å². The van der Waals surface area contributed by atoms with E-state index in [1.807, 2.05) is 23.9 Å². The fraction of sp³-hybridized carbons (Fsp3) is 0.231. The highest BCUT2D eigenvalue weighted by molar-refractivity contribution is 7.99. The molecule has 0 atom stereocenters. The van der Waals surface area contributed by atoms with Gasteiger partial charge in [0.1, 0.15) is 0 Å². The second-order valence-electron chi connectivity index (χ2n) is 3.98. The molecule has 0 aliphatic heterocycles. The van der Waals surface area contributed by atoms with Crippen molar-refractivity contribution < 1.29 is 0 Å². The van der Waals surface area contributed by atoms with Gasteiger partial charge in [-0.05, 0) is 23.8 Å². The summed E-state index contributed by atoms with van der Waals surface area (Å²) in [7, 11) is 0. The summed E-state index contributed by atoms with van der Waals surface area (Å²) in [4.78, 5) is 18.7. The van der Waals surface area contributed by atoms with Crippen LogP contribution in [-0.4, -0.2) is 15.2 Å². The SMILES string of the molecule is CC(C)Sc1ccc(-c2ccnc(=O)[nH]2)cc1. The van der Waals surface area contributed by atoms with Crippen molar-refractivity contribution in [2.24, 2.45) is 0 Å². The number of benzene rings is 1. The number of rotatable bonds is 3. The van der Waals surface area contributed by atoms with E-state index in [0.717, 1.165) is 11.3 Å². The number of nitrogens with zero attached hydrogens (tertiary/aromatic N) is 1. The molecule has 0 fully saturated rings. The van der Waals surface area contributed by atoms with Crippen LogP contribution in [0.4, 0.5) is 0 Å². The van der Waals surface area contributed by atoms with Crippen LogP contribution in [0.15, 0.2) is 46.2 Å². The van der Waals surface area contributed by atoms with Crippen molar-refractivity contribution in [3.05, 3.63) is 47.0 Å². The molecule has 1 aromatic heterocycles. The minimum Gasteiger partial charge on any atom is -0.305 e. The summed E-state index contributed by atoms with van der Waals surface area (Å²) in [6.07, 6.45) is 1.52. The first kappa shape index (κ1) is 11.9. The summed E-state index contributed by atoms with van der Waals surface area (Å²) >= 11 is 1.82. The molecule has 0 aliphatic rings. The monoisotopic (exact) mass is 246 g/mol. The van der Waals surface area contributed by atoms with Gasteiger partial charge in [0.05, 0.1) is 5.69 Å². The molecule has 3 nitrogen and oxygen atoms in total. The van der Waals surface area contributed by atoms with Crippen molar-refractivity contribution >= 4 is 11.8 Å². The molecule has 4 heteroatoms. The fourth-order valence-electron chi connectivity index (χ4n) is 1.52. The maximum Gasteiger partial charge on any atom is 0.345 e. The maximum absolute atomic E-state index is 11.1. The Morgan fingerprint density at radius 3 is 2.47 bits per heavy atom. The van der Waals surface area contributed by atoms with Crippen LogP contribution in [0.25, 0.3) is 11.3 Å². The molecule has 0 spiro atoms. The first-order valence-electron chi connectivity index (χ1n) is 5.47. The topological polar surface area (TPSA) is 45.8 Å². The third-order valence-electron chi connectivity index (χ3n) is 2.21. The van der Waals surface area contributed by atoms with E-state index in [9.17, 15) is 4.79 Å². The van der Waals surface area contributed by atoms with Crippen LogP contribution in [0.5, 0.6) is 0 Å². The molecule has 0 saturated heterocycles. The molecule has 1 aromatic carbocycles. The summed E-state index contributed by atoms with van der Waals surface area (Å²) in [6.45, 7) is 4.33. The lowest BCUT2D eigenvalue weighted by atomic mass is 10.1. The number of hydrogen-bond acceptors (Lipinski definition) is 3. The average molecular weight is 246 g/mol. The minimum absolute atomic E-state index is 0.317. The molecule has 0 unspecified atom stereocenters. The zero-order chi connectivity index (χ0) is 12.3. The van der Waals surface area contributed by atoms with Gasteiger partial charge in [0.15, 0.2) is 0 Å². The Balaban J connectivity index is 2.26. The first-order valence-corrected chi connectivity index (χ1v) is 6.35. The smallest absolute Gasteiger partial charge is 0.305 e. The van der Waals surface area contributed by atoms with Crippen LogP contribution in [0.1, 0.15) is 13.8 Å². The van der Waals surface area contributed by atoms with E-state index in [-0.39, 0.29) is 5.69 Å². The summed E-state index contributed by atoms with van der Waals surface area (Å²) in [6, 6.07) is 9.95. The number of hydrogen-bond donors (Lipinski definition) is 1. The van der Waals surface area contributed by atoms with Crippen LogP contribution in [-0.2, 0) is 0 Å². The van der Waals surface area contributed by atoms with Crippen LogP contribution >= 0.6 is 11.8 Å². The average Bonchev–Trinajstić information content (AvgIpc) is 2.29. The molecule has 2 aromatic rings. The van der Waals surface area contributed by atoms with Crippen molar-refractivity contribution in [1.29, 1.82) is 0 Å². The Kier molecular flexibility index (Phi) is 3.64. The predicted octanol–water partition coefficient (Wildman–Crippen LogP) is 2.94. The lowest BCUT2D eigenvalue weighted by Gasteiger charge is -2.06. The number of thioether (sulfide) groups is 1. The zero-order valence-electron chi connectivity index (χ0n) is 9.81. The fourth-order valence-corrected chi connectivity index (χ4v) is 2.36. The molecule has 17 heavy (non-hydrogen) atoms. The maximum atomic E-state index is 11.1. The van der Waals surface area contributed by atoms with Crippen molar-refractivity contribution in [2.45, 2.75) is 24.0 Å². The molecule has 0 radical (unpaired) electrons. The first-order chi connectivity index (χ1) is 8.15. The predicted molar refractivity (Wildman–Crippen MR) is 71.3 cm³/mol. The van der Waals surface area contributed by atoms with Gasteiger partial charge in [0, 0.05) is 16.3 Å². The zero-order valence-corrected chi connectivity index (χ0v) is 10.6. The Labute approximate surface area is 104 Å². The molecule has 88 valence electrons. The quantitative estimate of drug-likeness (QED) is 0.847. The number of H-pyrrole nitrogens is 1. The van der Waals surface area contributed by atoms with Gasteiger partial charge in [-0.2, -0.15) is 0 Å². The van der Waals surface area contributed by atoms with Gasteiger partial charge in [0.2, 0.25) is 0 Å². The van der Waals surface area contributed by atoms with Gasteiger partial charge < -0.3 is 4.98 Å². The summed E-state index contributed by atoms with van der Waals surface area (Å²) < 4.78 is 0. The van der Waals surface area contributed by atoms with Crippen molar-refractivity contribution in [3.8, 4) is 11.3 Å². The van der Waals surface area contributed by atoms with Gasteiger partial charge in [0.25, 0.3) is 0 Å². The van der Waals surface area contributed by atoms with Crippen LogP contribution in [0.2, 0.25) is 0 Å². The molecule has 2 rings (SSSR count). The highest BCUT2D eigenvalue weighted by Gasteiger charge is 2.01. The number of nitrogens with one attached hydrogen (secondary N) is 1. The standard InChI is InChI=1S/C13H14N2OS/c1-9(2)17-11-5-3-10(4-6-11)12-7-8-14-13(16)15-12/h3-9H,1-2H3,(H,14,15,16). The lowest BCUT2D eigenvalue weighted by molar-refractivity contribution is 1.08. The molecule has 0 bridgehead atoms. The Bertz CT molecular complexity index is 546. The van der Waals surface area contributed by atoms with E-state index in [0.29, 0.717) is 5.25 Å². The van der Waals surface area contributed by atoms with Crippen molar-refractivity contribution in [1.82, 2.24) is 9.97 Å². The van der Waals surface area contributed by atoms with E-state index < -0.39 is 0 Å². The Morgan fingerprint density at radius 1 is 1.18 bits per heavy atom. The summed E-state index contributed by atoms with van der Waals surface area (Å²) in [5, 5.41) is 0.571. The van der Waals surface area contributed by atoms with E-state index in [2.05, 4.69) is 35.9 Å². The highest BCUT2D eigenvalue weighted by Crippen LogP contribution is 2.25. The second-order valence-corrected chi connectivity index (χ2v) is 5.63. The van der Waals surface area contributed by atoms with Gasteiger partial charge >= 0.3 is 5.69 Å². The largest absolute Gasteiger partial charge is 0.345 e.